The SMILES string of the molecule is O=C(NCc1ccccc1Cl)C(=O)NCC(c1ccco1)S(=O)(=O)c1ccc(Cl)cc1. The summed E-state index contributed by atoms with van der Waals surface area (Å²) in [6.07, 6.45) is 1.33. The Morgan fingerprint density at radius 1 is 0.903 bits per heavy atom. The number of amides is 2. The Labute approximate surface area is 189 Å². The van der Waals surface area contributed by atoms with Crippen LogP contribution >= 0.6 is 23.2 Å². The van der Waals surface area contributed by atoms with Gasteiger partial charge < -0.3 is 15.1 Å². The van der Waals surface area contributed by atoms with Crippen molar-refractivity contribution in [2.75, 3.05) is 6.54 Å². The first kappa shape index (κ1) is 22.9. The molecule has 2 amide bonds. The molecule has 0 spiro atoms. The van der Waals surface area contributed by atoms with Crippen LogP contribution in [0, 0.1) is 0 Å². The summed E-state index contributed by atoms with van der Waals surface area (Å²) in [5.74, 6) is -1.76. The minimum atomic E-state index is -3.94. The summed E-state index contributed by atoms with van der Waals surface area (Å²) in [7, 11) is -3.94. The summed E-state index contributed by atoms with van der Waals surface area (Å²) in [5, 5.41) is 4.42. The fourth-order valence-corrected chi connectivity index (χ4v) is 4.70. The third-order valence-corrected chi connectivity index (χ3v) is 7.13. The van der Waals surface area contributed by atoms with E-state index in [4.69, 9.17) is 27.6 Å². The van der Waals surface area contributed by atoms with E-state index in [-0.39, 0.29) is 23.7 Å². The largest absolute Gasteiger partial charge is 0.468 e. The topological polar surface area (TPSA) is 105 Å². The van der Waals surface area contributed by atoms with Crippen molar-refractivity contribution in [3.05, 3.63) is 88.3 Å². The van der Waals surface area contributed by atoms with E-state index in [0.717, 1.165) is 0 Å². The zero-order valence-electron chi connectivity index (χ0n) is 16.0. The van der Waals surface area contributed by atoms with Crippen LogP contribution in [-0.4, -0.2) is 26.8 Å². The molecule has 0 radical (unpaired) electrons. The second kappa shape index (κ2) is 10.00. The molecule has 162 valence electrons. The van der Waals surface area contributed by atoms with Crippen molar-refractivity contribution >= 4 is 44.9 Å². The highest BCUT2D eigenvalue weighted by Crippen LogP contribution is 2.29. The van der Waals surface area contributed by atoms with Crippen molar-refractivity contribution in [1.29, 1.82) is 0 Å². The molecule has 0 saturated heterocycles. The molecule has 3 rings (SSSR count). The normalized spacial score (nSPS) is 12.2. The minimum Gasteiger partial charge on any atom is -0.468 e. The summed E-state index contributed by atoms with van der Waals surface area (Å²) in [4.78, 5) is 24.4. The van der Waals surface area contributed by atoms with Gasteiger partial charge >= 0.3 is 11.8 Å². The Bertz CT molecular complexity index is 1160. The lowest BCUT2D eigenvalue weighted by atomic mass is 10.2. The highest BCUT2D eigenvalue weighted by atomic mass is 35.5. The van der Waals surface area contributed by atoms with E-state index in [1.807, 2.05) is 0 Å². The van der Waals surface area contributed by atoms with Gasteiger partial charge in [0.1, 0.15) is 11.0 Å². The lowest BCUT2D eigenvalue weighted by Crippen LogP contribution is -2.42. The number of carbonyl (C=O) groups excluding carboxylic acids is 2. The quantitative estimate of drug-likeness (QED) is 0.503. The fourth-order valence-electron chi connectivity index (χ4n) is 2.79. The average Bonchev–Trinajstić information content (AvgIpc) is 3.27. The molecule has 0 aliphatic carbocycles. The third-order valence-electron chi connectivity index (χ3n) is 4.43. The number of hydrogen-bond acceptors (Lipinski definition) is 5. The number of nitrogens with one attached hydrogen (secondary N) is 2. The van der Waals surface area contributed by atoms with Crippen LogP contribution in [0.25, 0.3) is 0 Å². The number of sulfone groups is 1. The molecule has 1 unspecified atom stereocenters. The molecule has 1 aromatic heterocycles. The third kappa shape index (κ3) is 5.66. The van der Waals surface area contributed by atoms with Crippen molar-refractivity contribution in [1.82, 2.24) is 10.6 Å². The molecule has 0 bridgehead atoms. The maximum atomic E-state index is 13.1. The van der Waals surface area contributed by atoms with Crippen LogP contribution in [0.5, 0.6) is 0 Å². The Balaban J connectivity index is 1.69. The fraction of sp³-hybridized carbons (Fsp3) is 0.143. The molecule has 1 atom stereocenters. The lowest BCUT2D eigenvalue weighted by molar-refractivity contribution is -0.139. The van der Waals surface area contributed by atoms with E-state index < -0.39 is 26.9 Å². The lowest BCUT2D eigenvalue weighted by Gasteiger charge is -2.16. The van der Waals surface area contributed by atoms with Crippen molar-refractivity contribution < 1.29 is 22.4 Å². The monoisotopic (exact) mass is 480 g/mol. The number of benzene rings is 2. The molecule has 0 fully saturated rings. The van der Waals surface area contributed by atoms with Crippen LogP contribution in [0.4, 0.5) is 0 Å². The molecule has 2 N–H and O–H groups in total. The van der Waals surface area contributed by atoms with Crippen molar-refractivity contribution in [3.63, 3.8) is 0 Å². The molecule has 0 aliphatic heterocycles. The molecule has 7 nitrogen and oxygen atoms in total. The average molecular weight is 481 g/mol. The van der Waals surface area contributed by atoms with Gasteiger partial charge in [0.15, 0.2) is 9.84 Å². The first-order valence-corrected chi connectivity index (χ1v) is 11.4. The molecular formula is C21H18Cl2N2O5S. The van der Waals surface area contributed by atoms with Gasteiger partial charge in [-0.25, -0.2) is 8.42 Å². The zero-order valence-corrected chi connectivity index (χ0v) is 18.4. The highest BCUT2D eigenvalue weighted by molar-refractivity contribution is 7.91. The number of carbonyl (C=O) groups is 2. The summed E-state index contributed by atoms with van der Waals surface area (Å²) in [6, 6.07) is 15.5. The van der Waals surface area contributed by atoms with Gasteiger partial charge in [-0.1, -0.05) is 41.4 Å². The van der Waals surface area contributed by atoms with E-state index in [9.17, 15) is 18.0 Å². The van der Waals surface area contributed by atoms with Crippen LogP contribution < -0.4 is 10.6 Å². The molecule has 0 saturated carbocycles. The van der Waals surface area contributed by atoms with Gasteiger partial charge in [0.2, 0.25) is 0 Å². The molecule has 1 heterocycles. The first-order chi connectivity index (χ1) is 14.8. The van der Waals surface area contributed by atoms with Gasteiger partial charge in [-0.2, -0.15) is 0 Å². The predicted octanol–water partition coefficient (Wildman–Crippen LogP) is 3.53. The van der Waals surface area contributed by atoms with Gasteiger partial charge in [-0.3, -0.25) is 9.59 Å². The molecular weight excluding hydrogens is 463 g/mol. The molecule has 2 aromatic carbocycles. The minimum absolute atomic E-state index is 0.00993. The summed E-state index contributed by atoms with van der Waals surface area (Å²) in [6.45, 7) is -0.312. The Hall–Kier alpha value is -2.81. The first-order valence-electron chi connectivity index (χ1n) is 9.11. The Morgan fingerprint density at radius 3 is 2.23 bits per heavy atom. The van der Waals surface area contributed by atoms with Gasteiger partial charge in [0, 0.05) is 23.1 Å². The predicted molar refractivity (Wildman–Crippen MR) is 116 cm³/mol. The van der Waals surface area contributed by atoms with Crippen molar-refractivity contribution in [2.24, 2.45) is 0 Å². The maximum absolute atomic E-state index is 13.1. The molecule has 10 heteroatoms. The second-order valence-corrected chi connectivity index (χ2v) is 9.46. The van der Waals surface area contributed by atoms with Crippen LogP contribution in [0.2, 0.25) is 10.0 Å². The zero-order chi connectivity index (χ0) is 22.4. The standard InChI is InChI=1S/C21H18Cl2N2O5S/c22-15-7-9-16(10-8-15)31(28,29)19(18-6-3-11-30-18)13-25-21(27)20(26)24-12-14-4-1-2-5-17(14)23/h1-11,19H,12-13H2,(H,24,26)(H,25,27). The number of halogens is 2. The molecule has 0 aliphatic rings. The highest BCUT2D eigenvalue weighted by Gasteiger charge is 2.32. The number of hydrogen-bond donors (Lipinski definition) is 2. The van der Waals surface area contributed by atoms with E-state index in [0.29, 0.717) is 15.6 Å². The van der Waals surface area contributed by atoms with Crippen LogP contribution in [0.1, 0.15) is 16.6 Å². The van der Waals surface area contributed by atoms with E-state index in [1.165, 1.54) is 42.7 Å². The maximum Gasteiger partial charge on any atom is 0.309 e. The van der Waals surface area contributed by atoms with Crippen molar-refractivity contribution in [3.8, 4) is 0 Å². The van der Waals surface area contributed by atoms with Crippen LogP contribution in [0.3, 0.4) is 0 Å². The van der Waals surface area contributed by atoms with E-state index >= 15 is 0 Å². The smallest absolute Gasteiger partial charge is 0.309 e. The second-order valence-electron chi connectivity index (χ2n) is 6.49. The van der Waals surface area contributed by atoms with Gasteiger partial charge in [0.25, 0.3) is 0 Å². The van der Waals surface area contributed by atoms with Crippen LogP contribution in [-0.2, 0) is 26.0 Å². The number of furan rings is 1. The van der Waals surface area contributed by atoms with Crippen molar-refractivity contribution in [2.45, 2.75) is 16.7 Å². The molecule has 3 aromatic rings. The Morgan fingerprint density at radius 2 is 1.58 bits per heavy atom. The van der Waals surface area contributed by atoms with Gasteiger partial charge in [-0.15, -0.1) is 0 Å². The Kier molecular flexibility index (Phi) is 7.37. The van der Waals surface area contributed by atoms with Crippen LogP contribution in [0.15, 0.2) is 76.2 Å². The summed E-state index contributed by atoms with van der Waals surface area (Å²) < 4.78 is 31.5. The number of rotatable bonds is 7. The van der Waals surface area contributed by atoms with E-state index in [1.54, 1.807) is 24.3 Å². The van der Waals surface area contributed by atoms with E-state index in [2.05, 4.69) is 10.6 Å². The molecule has 31 heavy (non-hydrogen) atoms. The summed E-state index contributed by atoms with van der Waals surface area (Å²) in [5.41, 5.74) is 0.643. The summed E-state index contributed by atoms with van der Waals surface area (Å²) >= 11 is 11.9. The van der Waals surface area contributed by atoms with Gasteiger partial charge in [-0.05, 0) is 48.0 Å². The van der Waals surface area contributed by atoms with Gasteiger partial charge in [0.05, 0.1) is 11.2 Å².